The van der Waals surface area contributed by atoms with E-state index in [-0.39, 0.29) is 17.8 Å². The van der Waals surface area contributed by atoms with Gasteiger partial charge in [-0.1, -0.05) is 38.3 Å². The van der Waals surface area contributed by atoms with Crippen LogP contribution in [0, 0.1) is 5.41 Å². The van der Waals surface area contributed by atoms with Crippen LogP contribution >= 0.6 is 12.4 Å². The summed E-state index contributed by atoms with van der Waals surface area (Å²) in [5, 5.41) is 11.8. The molecule has 0 radical (unpaired) electrons. The molecule has 0 saturated heterocycles. The first-order chi connectivity index (χ1) is 10.5. The molecule has 1 aromatic rings. The Bertz CT molecular complexity index is 486. The summed E-state index contributed by atoms with van der Waals surface area (Å²) in [5.41, 5.74) is 0.125. The smallest absolute Gasteiger partial charge is 0.119 e. The van der Waals surface area contributed by atoms with Crippen molar-refractivity contribution in [3.63, 3.8) is 0 Å². The molecule has 132 valence electrons. The quantitative estimate of drug-likeness (QED) is 0.840. The highest BCUT2D eigenvalue weighted by molar-refractivity contribution is 5.85. The van der Waals surface area contributed by atoms with E-state index in [2.05, 4.69) is 32.0 Å². The summed E-state index contributed by atoms with van der Waals surface area (Å²) >= 11 is 0. The average molecular weight is 342 g/mol. The third-order valence-corrected chi connectivity index (χ3v) is 5.37. The fourth-order valence-electron chi connectivity index (χ4n) is 4.30. The summed E-state index contributed by atoms with van der Waals surface area (Å²) in [6, 6.07) is 7.99. The largest absolute Gasteiger partial charge is 0.497 e. The van der Waals surface area contributed by atoms with Crippen LogP contribution in [-0.2, 0) is 5.60 Å². The van der Waals surface area contributed by atoms with Crippen LogP contribution in [0.1, 0.15) is 51.0 Å². The van der Waals surface area contributed by atoms with Gasteiger partial charge in [-0.25, -0.2) is 0 Å². The molecule has 1 aliphatic carbocycles. The first kappa shape index (κ1) is 20.3. The van der Waals surface area contributed by atoms with Gasteiger partial charge in [0, 0.05) is 12.0 Å². The minimum absolute atomic E-state index is 0. The fourth-order valence-corrected chi connectivity index (χ4v) is 4.30. The van der Waals surface area contributed by atoms with E-state index in [4.69, 9.17) is 4.74 Å². The highest BCUT2D eigenvalue weighted by Crippen LogP contribution is 2.52. The Labute approximate surface area is 147 Å². The molecule has 2 rings (SSSR count). The average Bonchev–Trinajstić information content (AvgIpc) is 2.54. The van der Waals surface area contributed by atoms with E-state index in [1.807, 2.05) is 18.2 Å². The van der Waals surface area contributed by atoms with Crippen molar-refractivity contribution in [2.24, 2.45) is 5.41 Å². The molecular formula is C19H32ClNO2. The van der Waals surface area contributed by atoms with Crippen molar-refractivity contribution >= 4 is 12.4 Å². The molecule has 1 saturated carbocycles. The molecule has 0 aliphatic heterocycles. The number of aliphatic hydroxyl groups is 1. The molecular weight excluding hydrogens is 310 g/mol. The molecule has 1 aliphatic rings. The summed E-state index contributed by atoms with van der Waals surface area (Å²) in [6.45, 7) is 3.03. The van der Waals surface area contributed by atoms with Gasteiger partial charge < -0.3 is 14.7 Å². The normalized spacial score (nSPS) is 19.7. The zero-order chi connectivity index (χ0) is 16.2. The lowest BCUT2D eigenvalue weighted by Crippen LogP contribution is -2.52. The lowest BCUT2D eigenvalue weighted by atomic mass is 9.59. The highest BCUT2D eigenvalue weighted by atomic mass is 35.5. The van der Waals surface area contributed by atoms with Gasteiger partial charge in [0.15, 0.2) is 0 Å². The van der Waals surface area contributed by atoms with Crippen molar-refractivity contribution in [1.29, 1.82) is 0 Å². The minimum atomic E-state index is -0.799. The van der Waals surface area contributed by atoms with Gasteiger partial charge in [0.2, 0.25) is 0 Å². The molecule has 0 spiro atoms. The monoisotopic (exact) mass is 341 g/mol. The Kier molecular flexibility index (Phi) is 7.37. The van der Waals surface area contributed by atoms with Crippen molar-refractivity contribution in [3.8, 4) is 5.75 Å². The second-order valence-electron chi connectivity index (χ2n) is 7.02. The van der Waals surface area contributed by atoms with Gasteiger partial charge in [0.05, 0.1) is 12.7 Å². The van der Waals surface area contributed by atoms with Crippen molar-refractivity contribution < 1.29 is 9.84 Å². The maximum atomic E-state index is 11.8. The Morgan fingerprint density at radius 1 is 1.22 bits per heavy atom. The molecule has 23 heavy (non-hydrogen) atoms. The third kappa shape index (κ3) is 4.01. The molecule has 1 atom stereocenters. The van der Waals surface area contributed by atoms with Gasteiger partial charge in [0.1, 0.15) is 5.75 Å². The summed E-state index contributed by atoms with van der Waals surface area (Å²) in [7, 11) is 5.90. The lowest BCUT2D eigenvalue weighted by molar-refractivity contribution is -0.123. The van der Waals surface area contributed by atoms with Crippen LogP contribution in [0.3, 0.4) is 0 Å². The van der Waals surface area contributed by atoms with E-state index in [0.29, 0.717) is 0 Å². The molecule has 4 heteroatoms. The van der Waals surface area contributed by atoms with E-state index in [1.165, 1.54) is 19.3 Å². The maximum Gasteiger partial charge on any atom is 0.119 e. The standard InChI is InChI=1S/C19H31NO2.ClH/c1-5-19(21,16-10-9-11-17(14-16)22-4)18(15-20(2)3)12-7-6-8-13-18;/h9-11,14,21H,5-8,12-13,15H2,1-4H3;1H/t19-;/m0./s1. The number of hydrogen-bond acceptors (Lipinski definition) is 3. The molecule has 0 unspecified atom stereocenters. The molecule has 0 bridgehead atoms. The minimum Gasteiger partial charge on any atom is -0.497 e. The highest BCUT2D eigenvalue weighted by Gasteiger charge is 2.50. The predicted molar refractivity (Wildman–Crippen MR) is 98.5 cm³/mol. The van der Waals surface area contributed by atoms with Crippen LogP contribution in [0.5, 0.6) is 5.75 Å². The Morgan fingerprint density at radius 3 is 2.39 bits per heavy atom. The number of halogens is 1. The summed E-state index contributed by atoms with van der Waals surface area (Å²) in [4.78, 5) is 2.23. The van der Waals surface area contributed by atoms with Crippen LogP contribution in [0.15, 0.2) is 24.3 Å². The third-order valence-electron chi connectivity index (χ3n) is 5.37. The van der Waals surface area contributed by atoms with Crippen molar-refractivity contribution in [3.05, 3.63) is 29.8 Å². The Hall–Kier alpha value is -0.770. The summed E-state index contributed by atoms with van der Waals surface area (Å²) in [6.07, 6.45) is 6.61. The van der Waals surface area contributed by atoms with Crippen LogP contribution in [0.25, 0.3) is 0 Å². The van der Waals surface area contributed by atoms with Crippen LogP contribution in [-0.4, -0.2) is 37.8 Å². The van der Waals surface area contributed by atoms with Gasteiger partial charge in [-0.15, -0.1) is 12.4 Å². The zero-order valence-electron chi connectivity index (χ0n) is 15.0. The molecule has 0 aromatic heterocycles. The molecule has 0 heterocycles. The molecule has 3 nitrogen and oxygen atoms in total. The molecule has 0 amide bonds. The lowest BCUT2D eigenvalue weighted by Gasteiger charge is -2.51. The van der Waals surface area contributed by atoms with E-state index >= 15 is 0 Å². The predicted octanol–water partition coefficient (Wildman–Crippen LogP) is 4.23. The summed E-state index contributed by atoms with van der Waals surface area (Å²) < 4.78 is 5.37. The van der Waals surface area contributed by atoms with Crippen LogP contribution < -0.4 is 4.74 Å². The van der Waals surface area contributed by atoms with E-state index < -0.39 is 5.60 Å². The Balaban J connectivity index is 0.00000264. The van der Waals surface area contributed by atoms with Crippen LogP contribution in [0.4, 0.5) is 0 Å². The maximum absolute atomic E-state index is 11.8. The van der Waals surface area contributed by atoms with E-state index in [9.17, 15) is 5.11 Å². The van der Waals surface area contributed by atoms with Crippen molar-refractivity contribution in [1.82, 2.24) is 4.90 Å². The van der Waals surface area contributed by atoms with Gasteiger partial charge >= 0.3 is 0 Å². The fraction of sp³-hybridized carbons (Fsp3) is 0.684. The molecule has 1 aromatic carbocycles. The van der Waals surface area contributed by atoms with Gasteiger partial charge in [-0.3, -0.25) is 0 Å². The molecule has 1 N–H and O–H groups in total. The second-order valence-corrected chi connectivity index (χ2v) is 7.02. The summed E-state index contributed by atoms with van der Waals surface area (Å²) in [5.74, 6) is 0.820. The number of methoxy groups -OCH3 is 1. The number of hydrogen-bond donors (Lipinski definition) is 1. The number of ether oxygens (including phenoxy) is 1. The topological polar surface area (TPSA) is 32.7 Å². The van der Waals surface area contributed by atoms with Gasteiger partial charge in [0.25, 0.3) is 0 Å². The van der Waals surface area contributed by atoms with Gasteiger partial charge in [-0.2, -0.15) is 0 Å². The second kappa shape index (κ2) is 8.36. The Morgan fingerprint density at radius 2 is 1.87 bits per heavy atom. The zero-order valence-corrected chi connectivity index (χ0v) is 15.8. The first-order valence-corrected chi connectivity index (χ1v) is 8.49. The SMILES string of the molecule is CC[C@](O)(c1cccc(OC)c1)C1(CN(C)C)CCCCC1.Cl. The molecule has 1 fully saturated rings. The number of nitrogens with zero attached hydrogens (tertiary/aromatic N) is 1. The van der Waals surface area contributed by atoms with Crippen molar-refractivity contribution in [2.75, 3.05) is 27.7 Å². The van der Waals surface area contributed by atoms with Crippen LogP contribution in [0.2, 0.25) is 0 Å². The van der Waals surface area contributed by atoms with Gasteiger partial charge in [-0.05, 0) is 51.1 Å². The number of benzene rings is 1. The number of rotatable bonds is 6. The van der Waals surface area contributed by atoms with E-state index in [1.54, 1.807) is 7.11 Å². The van der Waals surface area contributed by atoms with Crippen molar-refractivity contribution in [2.45, 2.75) is 51.0 Å². The van der Waals surface area contributed by atoms with E-state index in [0.717, 1.165) is 37.1 Å². The first-order valence-electron chi connectivity index (χ1n) is 8.49.